The molecule has 0 aliphatic rings. The molecule has 92 valence electrons. The van der Waals surface area contributed by atoms with Crippen LogP contribution in [-0.4, -0.2) is 17.6 Å². The molecule has 0 aliphatic carbocycles. The van der Waals surface area contributed by atoms with Crippen molar-refractivity contribution >= 4 is 28.5 Å². The first-order valence-corrected chi connectivity index (χ1v) is 5.60. The predicted octanol–water partition coefficient (Wildman–Crippen LogP) is 1.57. The van der Waals surface area contributed by atoms with Crippen molar-refractivity contribution < 1.29 is 14.6 Å². The quantitative estimate of drug-likeness (QED) is 0.785. The van der Waals surface area contributed by atoms with Crippen LogP contribution in [0.4, 0.5) is 0 Å². The summed E-state index contributed by atoms with van der Waals surface area (Å²) in [6.07, 6.45) is 3.92. The molecule has 0 N–H and O–H groups in total. The van der Waals surface area contributed by atoms with Crippen molar-refractivity contribution in [2.45, 2.75) is 0 Å². The fourth-order valence-electron chi connectivity index (χ4n) is 1.51. The maximum Gasteiger partial charge on any atom is 0.146 e. The van der Waals surface area contributed by atoms with Crippen molar-refractivity contribution in [3.63, 3.8) is 0 Å². The highest BCUT2D eigenvalue weighted by molar-refractivity contribution is 6.35. The molecule has 0 saturated heterocycles. The first-order chi connectivity index (χ1) is 8.68. The summed E-state index contributed by atoms with van der Waals surface area (Å²) >= 11 is 6.04. The second kappa shape index (κ2) is 5.51. The van der Waals surface area contributed by atoms with Crippen LogP contribution in [-0.2, 0) is 4.79 Å². The normalized spacial score (nSPS) is 10.9. The number of rotatable bonds is 4. The summed E-state index contributed by atoms with van der Waals surface area (Å²) in [4.78, 5) is 14.4. The van der Waals surface area contributed by atoms with Gasteiger partial charge in [0.05, 0.1) is 11.0 Å². The van der Waals surface area contributed by atoms with Crippen LogP contribution in [0.3, 0.4) is 0 Å². The minimum atomic E-state index is -1.25. The lowest BCUT2D eigenvalue weighted by Crippen LogP contribution is -2.18. The molecule has 0 radical (unpaired) electrons. The van der Waals surface area contributed by atoms with Crippen molar-refractivity contribution in [1.82, 2.24) is 4.98 Å². The summed E-state index contributed by atoms with van der Waals surface area (Å²) < 4.78 is 5.43. The molecule has 1 heterocycles. The van der Waals surface area contributed by atoms with Crippen molar-refractivity contribution in [3.05, 3.63) is 47.6 Å². The van der Waals surface area contributed by atoms with E-state index >= 15 is 0 Å². The Morgan fingerprint density at radius 1 is 1.44 bits per heavy atom. The summed E-state index contributed by atoms with van der Waals surface area (Å²) in [7, 11) is 0. The van der Waals surface area contributed by atoms with E-state index in [1.54, 1.807) is 24.4 Å². The number of aliphatic carboxylic acids is 1. The van der Waals surface area contributed by atoms with Crippen LogP contribution < -0.4 is 9.84 Å². The van der Waals surface area contributed by atoms with Crippen LogP contribution >= 0.6 is 11.6 Å². The number of ether oxygens (including phenoxy) is 1. The number of hydrogen-bond donors (Lipinski definition) is 0. The van der Waals surface area contributed by atoms with Gasteiger partial charge in [-0.2, -0.15) is 0 Å². The van der Waals surface area contributed by atoms with Crippen LogP contribution in [0.15, 0.2) is 42.6 Å². The molecule has 0 fully saturated rings. The van der Waals surface area contributed by atoms with E-state index in [2.05, 4.69) is 4.98 Å². The minimum absolute atomic E-state index is 0.126. The molecule has 18 heavy (non-hydrogen) atoms. The van der Waals surface area contributed by atoms with Gasteiger partial charge in [-0.1, -0.05) is 11.6 Å². The van der Waals surface area contributed by atoms with Crippen LogP contribution in [0, 0.1) is 0 Å². The number of aromatic nitrogens is 1. The Hall–Kier alpha value is -2.07. The van der Waals surface area contributed by atoms with E-state index in [-0.39, 0.29) is 6.61 Å². The third-order valence-corrected chi connectivity index (χ3v) is 2.60. The number of carbonyl (C=O) groups is 1. The number of benzene rings is 1. The Labute approximate surface area is 108 Å². The van der Waals surface area contributed by atoms with Crippen LogP contribution in [0.2, 0.25) is 5.02 Å². The van der Waals surface area contributed by atoms with Crippen LogP contribution in [0.5, 0.6) is 5.75 Å². The molecule has 5 heteroatoms. The van der Waals surface area contributed by atoms with E-state index in [0.29, 0.717) is 16.3 Å². The lowest BCUT2D eigenvalue weighted by atomic mass is 10.2. The fourth-order valence-corrected chi connectivity index (χ4v) is 1.73. The molecular weight excluding hydrogens is 254 g/mol. The second-order valence-electron chi connectivity index (χ2n) is 3.48. The first kappa shape index (κ1) is 12.4. The number of hydrogen-bond acceptors (Lipinski definition) is 4. The zero-order chi connectivity index (χ0) is 13.0. The summed E-state index contributed by atoms with van der Waals surface area (Å²) in [6, 6.07) is 7.04. The highest BCUT2D eigenvalue weighted by Crippen LogP contribution is 2.29. The van der Waals surface area contributed by atoms with Crippen LogP contribution in [0.25, 0.3) is 10.9 Å². The molecule has 0 saturated carbocycles. The van der Waals surface area contributed by atoms with E-state index < -0.39 is 5.97 Å². The third-order valence-electron chi connectivity index (χ3n) is 2.27. The first-order valence-electron chi connectivity index (χ1n) is 5.22. The number of halogens is 1. The van der Waals surface area contributed by atoms with Gasteiger partial charge in [0.2, 0.25) is 0 Å². The maximum absolute atomic E-state index is 10.2. The monoisotopic (exact) mass is 262 g/mol. The molecule has 0 amide bonds. The molecule has 1 aromatic carbocycles. The van der Waals surface area contributed by atoms with E-state index in [0.717, 1.165) is 11.5 Å². The van der Waals surface area contributed by atoms with E-state index in [4.69, 9.17) is 16.3 Å². The fraction of sp³-hybridized carbons (Fsp3) is 0.0769. The van der Waals surface area contributed by atoms with Gasteiger partial charge in [-0.3, -0.25) is 4.98 Å². The van der Waals surface area contributed by atoms with Gasteiger partial charge in [-0.05, 0) is 36.4 Å². The predicted molar refractivity (Wildman–Crippen MR) is 66.4 cm³/mol. The summed E-state index contributed by atoms with van der Waals surface area (Å²) in [5, 5.41) is 11.6. The zero-order valence-corrected chi connectivity index (χ0v) is 10.1. The molecule has 0 aliphatic heterocycles. The van der Waals surface area contributed by atoms with Gasteiger partial charge in [0.15, 0.2) is 0 Å². The standard InChI is InChI=1S/C13H10ClNO3/c14-10-5-6-11(18-8-2-4-12(16)17)13-9(10)3-1-7-15-13/h1-7H,8H2,(H,16,17)/p-1/b4-2+. The topological polar surface area (TPSA) is 62.2 Å². The maximum atomic E-state index is 10.2. The smallest absolute Gasteiger partial charge is 0.146 e. The SMILES string of the molecule is O=C([O-])/C=C/COc1ccc(Cl)c2cccnc12. The number of fused-ring (bicyclic) bond motifs is 1. The average molecular weight is 263 g/mol. The van der Waals surface area contributed by atoms with Crippen LogP contribution in [0.1, 0.15) is 0 Å². The molecule has 2 aromatic rings. The third kappa shape index (κ3) is 2.78. The lowest BCUT2D eigenvalue weighted by Gasteiger charge is -2.07. The lowest BCUT2D eigenvalue weighted by molar-refractivity contribution is -0.297. The number of pyridine rings is 1. The molecule has 2 rings (SSSR count). The Balaban J connectivity index is 2.24. The molecule has 0 bridgehead atoms. The largest absolute Gasteiger partial charge is 0.545 e. The Kier molecular flexibility index (Phi) is 3.79. The van der Waals surface area contributed by atoms with Crippen molar-refractivity contribution in [1.29, 1.82) is 0 Å². The van der Waals surface area contributed by atoms with Gasteiger partial charge < -0.3 is 14.6 Å². The summed E-state index contributed by atoms with van der Waals surface area (Å²) in [5.41, 5.74) is 0.645. The molecule has 0 spiro atoms. The zero-order valence-electron chi connectivity index (χ0n) is 9.30. The van der Waals surface area contributed by atoms with E-state index in [9.17, 15) is 9.90 Å². The van der Waals surface area contributed by atoms with E-state index in [1.807, 2.05) is 6.07 Å². The number of carboxylic acids is 1. The van der Waals surface area contributed by atoms with Gasteiger partial charge in [-0.25, -0.2) is 0 Å². The molecule has 0 unspecified atom stereocenters. The average Bonchev–Trinajstić information content (AvgIpc) is 2.37. The van der Waals surface area contributed by atoms with Crippen molar-refractivity contribution in [2.24, 2.45) is 0 Å². The van der Waals surface area contributed by atoms with Crippen molar-refractivity contribution in [3.8, 4) is 5.75 Å². The Morgan fingerprint density at radius 2 is 2.28 bits per heavy atom. The van der Waals surface area contributed by atoms with E-state index in [1.165, 1.54) is 6.08 Å². The Morgan fingerprint density at radius 3 is 3.06 bits per heavy atom. The Bertz CT molecular complexity index is 610. The van der Waals surface area contributed by atoms with Gasteiger partial charge in [0, 0.05) is 11.6 Å². The molecule has 0 atom stereocenters. The molecular formula is C13H9ClNO3-. The number of carbonyl (C=O) groups excluding carboxylic acids is 1. The minimum Gasteiger partial charge on any atom is -0.545 e. The summed E-state index contributed by atoms with van der Waals surface area (Å²) in [6.45, 7) is 0.126. The number of nitrogens with zero attached hydrogens (tertiary/aromatic N) is 1. The van der Waals surface area contributed by atoms with Crippen molar-refractivity contribution in [2.75, 3.05) is 6.61 Å². The molecule has 1 aromatic heterocycles. The highest BCUT2D eigenvalue weighted by Gasteiger charge is 2.05. The molecule has 4 nitrogen and oxygen atoms in total. The van der Waals surface area contributed by atoms with Gasteiger partial charge in [0.25, 0.3) is 0 Å². The highest BCUT2D eigenvalue weighted by atomic mass is 35.5. The number of carboxylic acid groups (broad SMARTS) is 1. The van der Waals surface area contributed by atoms with Gasteiger partial charge in [0.1, 0.15) is 17.9 Å². The second-order valence-corrected chi connectivity index (χ2v) is 3.88. The summed E-state index contributed by atoms with van der Waals surface area (Å²) in [5.74, 6) is -0.698. The van der Waals surface area contributed by atoms with Gasteiger partial charge in [-0.15, -0.1) is 0 Å². The van der Waals surface area contributed by atoms with Gasteiger partial charge >= 0.3 is 0 Å².